The molecule has 3 heterocycles. The third-order valence-electron chi connectivity index (χ3n) is 5.31. The van der Waals surface area contributed by atoms with Crippen LogP contribution in [0.15, 0.2) is 24.4 Å². The molecule has 1 aromatic heterocycles. The lowest BCUT2D eigenvalue weighted by Crippen LogP contribution is -2.64. The zero-order valence-corrected chi connectivity index (χ0v) is 14.7. The van der Waals surface area contributed by atoms with E-state index in [1.807, 2.05) is 18.3 Å². The fraction of sp³-hybridized carbons (Fsp3) is 0.706. The molecule has 1 N–H and O–H groups in total. The number of likely N-dealkylation sites (tertiary alicyclic amines) is 1. The van der Waals surface area contributed by atoms with Crippen LogP contribution in [0, 0.1) is 5.92 Å². The van der Waals surface area contributed by atoms with Gasteiger partial charge in [0.15, 0.2) is 0 Å². The molecule has 0 aromatic carbocycles. The number of rotatable bonds is 6. The van der Waals surface area contributed by atoms with E-state index in [9.17, 15) is 8.42 Å². The number of nitrogens with one attached hydrogen (secondary N) is 1. The molecule has 132 valence electrons. The van der Waals surface area contributed by atoms with Crippen molar-refractivity contribution >= 4 is 10.0 Å². The molecule has 24 heavy (non-hydrogen) atoms. The van der Waals surface area contributed by atoms with Gasteiger partial charge in [0, 0.05) is 32.4 Å². The van der Waals surface area contributed by atoms with Gasteiger partial charge in [0.1, 0.15) is 0 Å². The van der Waals surface area contributed by atoms with Gasteiger partial charge < -0.3 is 4.74 Å². The molecule has 1 aliphatic carbocycles. The summed E-state index contributed by atoms with van der Waals surface area (Å²) in [5.41, 5.74) is 1.08. The van der Waals surface area contributed by atoms with E-state index >= 15 is 0 Å². The van der Waals surface area contributed by atoms with E-state index in [4.69, 9.17) is 4.74 Å². The van der Waals surface area contributed by atoms with E-state index in [-0.39, 0.29) is 10.9 Å². The van der Waals surface area contributed by atoms with Crippen LogP contribution in [0.3, 0.4) is 0 Å². The molecule has 0 radical (unpaired) electrons. The smallest absolute Gasteiger partial charge is 0.214 e. The third-order valence-corrected chi connectivity index (χ3v) is 7.22. The normalized spacial score (nSPS) is 27.1. The first-order valence-corrected chi connectivity index (χ1v) is 10.3. The minimum atomic E-state index is -3.07. The number of aromatic nitrogens is 1. The maximum absolute atomic E-state index is 11.9. The van der Waals surface area contributed by atoms with Crippen LogP contribution in [0.25, 0.3) is 0 Å². The van der Waals surface area contributed by atoms with E-state index in [0.29, 0.717) is 19.1 Å². The van der Waals surface area contributed by atoms with Crippen molar-refractivity contribution in [2.75, 3.05) is 26.2 Å². The van der Waals surface area contributed by atoms with Crippen LogP contribution in [0.1, 0.15) is 31.4 Å². The Morgan fingerprint density at radius 2 is 2.12 bits per heavy atom. The molecule has 1 atom stereocenters. The second-order valence-corrected chi connectivity index (χ2v) is 9.50. The number of nitrogens with zero attached hydrogens (tertiary/aromatic N) is 2. The van der Waals surface area contributed by atoms with Crippen LogP contribution in [0.5, 0.6) is 0 Å². The summed E-state index contributed by atoms with van der Waals surface area (Å²) >= 11 is 0. The molecular weight excluding hydrogens is 326 g/mol. The molecule has 1 unspecified atom stereocenters. The van der Waals surface area contributed by atoms with Crippen molar-refractivity contribution in [3.05, 3.63) is 30.1 Å². The van der Waals surface area contributed by atoms with Gasteiger partial charge in [-0.3, -0.25) is 9.88 Å². The Kier molecular flexibility index (Phi) is 4.36. The molecule has 4 rings (SSSR count). The number of sulfonamides is 1. The second-order valence-electron chi connectivity index (χ2n) is 7.46. The molecule has 1 spiro atoms. The molecule has 0 amide bonds. The van der Waals surface area contributed by atoms with E-state index in [1.165, 1.54) is 0 Å². The summed E-state index contributed by atoms with van der Waals surface area (Å²) < 4.78 is 32.7. The first kappa shape index (κ1) is 16.4. The number of ether oxygens (including phenoxy) is 1. The molecule has 1 aromatic rings. The predicted molar refractivity (Wildman–Crippen MR) is 90.9 cm³/mol. The van der Waals surface area contributed by atoms with Crippen LogP contribution in [-0.2, 0) is 21.3 Å². The van der Waals surface area contributed by atoms with E-state index < -0.39 is 10.0 Å². The monoisotopic (exact) mass is 351 g/mol. The van der Waals surface area contributed by atoms with Crippen LogP contribution >= 0.6 is 0 Å². The van der Waals surface area contributed by atoms with Crippen LogP contribution in [0.2, 0.25) is 0 Å². The Labute approximate surface area is 143 Å². The van der Waals surface area contributed by atoms with Gasteiger partial charge in [-0.1, -0.05) is 6.07 Å². The van der Waals surface area contributed by atoms with E-state index in [0.717, 1.165) is 51.0 Å². The summed E-state index contributed by atoms with van der Waals surface area (Å²) in [6, 6.07) is 6.00. The highest BCUT2D eigenvalue weighted by Crippen LogP contribution is 2.36. The highest BCUT2D eigenvalue weighted by molar-refractivity contribution is 7.90. The van der Waals surface area contributed by atoms with Crippen molar-refractivity contribution in [2.45, 2.75) is 43.1 Å². The first-order valence-electron chi connectivity index (χ1n) is 8.79. The van der Waals surface area contributed by atoms with Gasteiger partial charge in [-0.05, 0) is 43.7 Å². The van der Waals surface area contributed by atoms with Gasteiger partial charge in [-0.25, -0.2) is 13.1 Å². The lowest BCUT2D eigenvalue weighted by Gasteiger charge is -2.52. The van der Waals surface area contributed by atoms with Crippen molar-refractivity contribution in [3.63, 3.8) is 0 Å². The fourth-order valence-electron chi connectivity index (χ4n) is 3.66. The number of hydrogen-bond donors (Lipinski definition) is 1. The summed E-state index contributed by atoms with van der Waals surface area (Å²) in [6.07, 6.45) is 5.50. The Morgan fingerprint density at radius 3 is 2.75 bits per heavy atom. The molecular formula is C17H25N3O3S. The fourth-order valence-corrected chi connectivity index (χ4v) is 5.12. The zero-order chi connectivity index (χ0) is 16.6. The minimum Gasteiger partial charge on any atom is -0.372 e. The van der Waals surface area contributed by atoms with Gasteiger partial charge >= 0.3 is 0 Å². The average Bonchev–Trinajstić information content (AvgIpc) is 3.39. The van der Waals surface area contributed by atoms with Gasteiger partial charge in [0.05, 0.1) is 23.2 Å². The van der Waals surface area contributed by atoms with Crippen molar-refractivity contribution in [2.24, 2.45) is 5.92 Å². The Hall–Kier alpha value is -1.02. The number of pyridine rings is 1. The van der Waals surface area contributed by atoms with Crippen molar-refractivity contribution in [1.82, 2.24) is 14.6 Å². The Bertz CT molecular complexity index is 660. The third kappa shape index (κ3) is 3.64. The lowest BCUT2D eigenvalue weighted by atomic mass is 9.83. The topological polar surface area (TPSA) is 71.5 Å². The van der Waals surface area contributed by atoms with Gasteiger partial charge in [-0.15, -0.1) is 0 Å². The zero-order valence-electron chi connectivity index (χ0n) is 13.9. The molecule has 1 saturated carbocycles. The summed E-state index contributed by atoms with van der Waals surface area (Å²) in [5, 5.41) is -0.139. The summed E-state index contributed by atoms with van der Waals surface area (Å²) in [4.78, 5) is 6.72. The predicted octanol–water partition coefficient (Wildman–Crippen LogP) is 1.14. The van der Waals surface area contributed by atoms with E-state index in [2.05, 4.69) is 20.7 Å². The van der Waals surface area contributed by atoms with Crippen LogP contribution < -0.4 is 4.72 Å². The first-order chi connectivity index (χ1) is 11.5. The highest BCUT2D eigenvalue weighted by atomic mass is 32.2. The summed E-state index contributed by atoms with van der Waals surface area (Å²) in [7, 11) is -3.07. The van der Waals surface area contributed by atoms with Crippen molar-refractivity contribution in [3.8, 4) is 0 Å². The molecule has 2 saturated heterocycles. The maximum atomic E-state index is 11.9. The molecule has 2 aliphatic heterocycles. The maximum Gasteiger partial charge on any atom is 0.214 e. The molecule has 3 aliphatic rings. The van der Waals surface area contributed by atoms with E-state index in [1.54, 1.807) is 0 Å². The Morgan fingerprint density at radius 1 is 1.29 bits per heavy atom. The SMILES string of the molecule is O=S(=O)(NCC1CCC2(CN(Cc3ccccn3)C2)OC1)C1CC1. The lowest BCUT2D eigenvalue weighted by molar-refractivity contribution is -0.181. The largest absolute Gasteiger partial charge is 0.372 e. The summed E-state index contributed by atoms with van der Waals surface area (Å²) in [6.45, 7) is 3.95. The van der Waals surface area contributed by atoms with Crippen LogP contribution in [-0.4, -0.2) is 55.4 Å². The number of hydrogen-bond acceptors (Lipinski definition) is 5. The quantitative estimate of drug-likeness (QED) is 0.832. The van der Waals surface area contributed by atoms with Crippen molar-refractivity contribution < 1.29 is 13.2 Å². The Balaban J connectivity index is 1.20. The second kappa shape index (κ2) is 6.37. The highest BCUT2D eigenvalue weighted by Gasteiger charge is 2.46. The van der Waals surface area contributed by atoms with Gasteiger partial charge in [0.25, 0.3) is 0 Å². The molecule has 0 bridgehead atoms. The molecule has 3 fully saturated rings. The molecule has 7 heteroatoms. The van der Waals surface area contributed by atoms with Gasteiger partial charge in [-0.2, -0.15) is 0 Å². The van der Waals surface area contributed by atoms with Crippen LogP contribution in [0.4, 0.5) is 0 Å². The molecule has 6 nitrogen and oxygen atoms in total. The average molecular weight is 351 g/mol. The van der Waals surface area contributed by atoms with Crippen molar-refractivity contribution in [1.29, 1.82) is 0 Å². The summed E-state index contributed by atoms with van der Waals surface area (Å²) in [5.74, 6) is 0.300. The standard InChI is InChI=1S/C17H25N3O3S/c21-24(22,16-4-5-16)19-9-14-6-7-17(23-11-14)12-20(13-17)10-15-3-1-2-8-18-15/h1-3,8,14,16,19H,4-7,9-13H2. The van der Waals surface area contributed by atoms with Gasteiger partial charge in [0.2, 0.25) is 10.0 Å². The minimum absolute atomic E-state index is 0.0132.